The van der Waals surface area contributed by atoms with Crippen LogP contribution in [0.1, 0.15) is 47.2 Å². The summed E-state index contributed by atoms with van der Waals surface area (Å²) >= 11 is 0. The van der Waals surface area contributed by atoms with Crippen LogP contribution < -0.4 is 5.32 Å². The van der Waals surface area contributed by atoms with E-state index in [2.05, 4.69) is 27.9 Å². The Hall–Kier alpha value is -3.52. The summed E-state index contributed by atoms with van der Waals surface area (Å²) in [7, 11) is 2.06. The number of amides is 3. The van der Waals surface area contributed by atoms with Gasteiger partial charge in [-0.15, -0.1) is 0 Å². The lowest BCUT2D eigenvalue weighted by Gasteiger charge is -2.29. The molecule has 1 atom stereocenters. The van der Waals surface area contributed by atoms with Gasteiger partial charge in [0.15, 0.2) is 0 Å². The molecule has 1 N–H and O–H groups in total. The molecule has 3 amide bonds. The van der Waals surface area contributed by atoms with Crippen LogP contribution in [0.4, 0.5) is 0 Å². The first-order valence-corrected chi connectivity index (χ1v) is 11.9. The number of rotatable bonds is 4. The second-order valence-corrected chi connectivity index (χ2v) is 9.58. The van der Waals surface area contributed by atoms with E-state index in [1.54, 1.807) is 4.90 Å². The van der Waals surface area contributed by atoms with Gasteiger partial charge in [0.05, 0.1) is 16.7 Å². The van der Waals surface area contributed by atoms with Gasteiger partial charge in [-0.1, -0.05) is 6.07 Å². The van der Waals surface area contributed by atoms with E-state index in [9.17, 15) is 14.4 Å². The zero-order valence-electron chi connectivity index (χ0n) is 19.2. The minimum atomic E-state index is -0.605. The van der Waals surface area contributed by atoms with Gasteiger partial charge in [0.2, 0.25) is 11.8 Å². The predicted molar refractivity (Wildman–Crippen MR) is 127 cm³/mol. The Morgan fingerprint density at radius 3 is 2.71 bits per heavy atom. The van der Waals surface area contributed by atoms with Crippen LogP contribution >= 0.6 is 0 Å². The molecule has 8 heteroatoms. The molecule has 0 aliphatic carbocycles. The number of carbonyl (C=O) groups is 3. The molecule has 1 unspecified atom stereocenters. The molecule has 34 heavy (non-hydrogen) atoms. The van der Waals surface area contributed by atoms with Gasteiger partial charge in [-0.05, 0) is 67.7 Å². The van der Waals surface area contributed by atoms with Gasteiger partial charge >= 0.3 is 0 Å². The minimum Gasteiger partial charge on any atom is -0.349 e. The number of carbonyl (C=O) groups excluding carboxylic acids is 3. The van der Waals surface area contributed by atoms with Crippen LogP contribution in [0.2, 0.25) is 0 Å². The molecule has 0 saturated carbocycles. The first-order chi connectivity index (χ1) is 16.5. The van der Waals surface area contributed by atoms with Crippen molar-refractivity contribution in [3.05, 3.63) is 53.2 Å². The average Bonchev–Trinajstić information content (AvgIpc) is 3.54. The van der Waals surface area contributed by atoms with Crippen molar-refractivity contribution in [2.45, 2.75) is 44.8 Å². The van der Waals surface area contributed by atoms with Crippen LogP contribution in [0.15, 0.2) is 36.5 Å². The van der Waals surface area contributed by atoms with Gasteiger partial charge in [-0.25, -0.2) is 4.98 Å². The molecule has 0 radical (unpaired) electrons. The Morgan fingerprint density at radius 2 is 1.91 bits per heavy atom. The largest absolute Gasteiger partial charge is 0.349 e. The number of aryl methyl sites for hydroxylation is 1. The quantitative estimate of drug-likeness (QED) is 0.609. The zero-order valence-corrected chi connectivity index (χ0v) is 19.2. The van der Waals surface area contributed by atoms with Gasteiger partial charge in [0.25, 0.3) is 5.91 Å². The predicted octanol–water partition coefficient (Wildman–Crippen LogP) is 2.60. The molecule has 174 valence electrons. The molecular weight excluding hydrogens is 430 g/mol. The van der Waals surface area contributed by atoms with E-state index in [-0.39, 0.29) is 24.1 Å². The van der Waals surface area contributed by atoms with Crippen molar-refractivity contribution in [1.82, 2.24) is 24.7 Å². The number of fused-ring (bicyclic) bond motifs is 2. The highest BCUT2D eigenvalue weighted by molar-refractivity contribution is 6.05. The summed E-state index contributed by atoms with van der Waals surface area (Å²) in [6.07, 6.45) is 5.16. The lowest BCUT2D eigenvalue weighted by Crippen LogP contribution is -2.52. The number of imide groups is 1. The number of aromatic nitrogens is 2. The average molecular weight is 458 g/mol. The highest BCUT2D eigenvalue weighted by Crippen LogP contribution is 2.32. The first kappa shape index (κ1) is 21.0. The number of benzene rings is 1. The van der Waals surface area contributed by atoms with E-state index in [1.165, 1.54) is 18.4 Å². The number of nitrogens with one attached hydrogen (secondary N) is 1. The van der Waals surface area contributed by atoms with Crippen molar-refractivity contribution >= 4 is 28.8 Å². The highest BCUT2D eigenvalue weighted by atomic mass is 16.2. The maximum absolute atomic E-state index is 13.0. The summed E-state index contributed by atoms with van der Waals surface area (Å²) in [6.45, 7) is 3.51. The van der Waals surface area contributed by atoms with E-state index >= 15 is 0 Å². The molecule has 3 aliphatic rings. The number of likely N-dealkylation sites (tertiary alicyclic amines) is 1. The molecule has 5 heterocycles. The Bertz CT molecular complexity index is 1340. The minimum absolute atomic E-state index is 0.155. The molecule has 0 bridgehead atoms. The fourth-order valence-electron chi connectivity index (χ4n) is 5.58. The maximum atomic E-state index is 13.0. The first-order valence-electron chi connectivity index (χ1n) is 11.9. The van der Waals surface area contributed by atoms with E-state index in [0.29, 0.717) is 18.5 Å². The van der Waals surface area contributed by atoms with Gasteiger partial charge < -0.3 is 9.47 Å². The van der Waals surface area contributed by atoms with E-state index in [0.717, 1.165) is 47.5 Å². The summed E-state index contributed by atoms with van der Waals surface area (Å²) in [4.78, 5) is 45.9. The summed E-state index contributed by atoms with van der Waals surface area (Å²) in [5.74, 6) is -0.822. The number of hydrogen-bond acceptors (Lipinski definition) is 5. The lowest BCUT2D eigenvalue weighted by molar-refractivity contribution is -0.136. The van der Waals surface area contributed by atoms with Gasteiger partial charge in [-0.3, -0.25) is 24.6 Å². The van der Waals surface area contributed by atoms with Crippen LogP contribution in [-0.4, -0.2) is 56.2 Å². The molecule has 8 nitrogen and oxygen atoms in total. The van der Waals surface area contributed by atoms with Crippen molar-refractivity contribution in [1.29, 1.82) is 0 Å². The molecule has 1 aromatic carbocycles. The highest BCUT2D eigenvalue weighted by Gasteiger charge is 2.39. The van der Waals surface area contributed by atoms with Crippen LogP contribution in [0.3, 0.4) is 0 Å². The normalized spacial score (nSPS) is 20.9. The summed E-state index contributed by atoms with van der Waals surface area (Å²) in [5, 5.41) is 2.36. The summed E-state index contributed by atoms with van der Waals surface area (Å²) < 4.78 is 2.14. The Labute approximate surface area is 197 Å². The van der Waals surface area contributed by atoms with Crippen LogP contribution in [-0.2, 0) is 29.7 Å². The van der Waals surface area contributed by atoms with Crippen molar-refractivity contribution < 1.29 is 14.4 Å². The topological polar surface area (TPSA) is 87.5 Å². The lowest BCUT2D eigenvalue weighted by atomic mass is 10.0. The molecule has 3 aromatic rings. The van der Waals surface area contributed by atoms with Crippen molar-refractivity contribution in [3.63, 3.8) is 0 Å². The monoisotopic (exact) mass is 457 g/mol. The Morgan fingerprint density at radius 1 is 1.09 bits per heavy atom. The standard InChI is InChI=1S/C26H27N5O3/c1-29-11-8-20-24(29)18(14-30-9-2-3-10-30)13-21(27-20)16-4-5-19-17(12-16)15-31(26(19)34)22-6-7-23(32)28-25(22)33/h4-5,8,11-13,22H,2-3,6-7,9-10,14-15H2,1H3,(H,28,32,33). The molecule has 2 saturated heterocycles. The molecule has 3 aliphatic heterocycles. The summed E-state index contributed by atoms with van der Waals surface area (Å²) in [5.41, 5.74) is 6.76. The van der Waals surface area contributed by atoms with Gasteiger partial charge in [0, 0.05) is 43.9 Å². The van der Waals surface area contributed by atoms with Crippen molar-refractivity contribution in [3.8, 4) is 11.3 Å². The van der Waals surface area contributed by atoms with Crippen LogP contribution in [0.5, 0.6) is 0 Å². The molecule has 6 rings (SSSR count). The number of hydrogen-bond donors (Lipinski definition) is 1. The van der Waals surface area contributed by atoms with Crippen molar-refractivity contribution in [2.75, 3.05) is 13.1 Å². The number of piperidine rings is 1. The Kier molecular flexibility index (Phi) is 4.99. The van der Waals surface area contributed by atoms with Crippen LogP contribution in [0, 0.1) is 0 Å². The zero-order chi connectivity index (χ0) is 23.4. The maximum Gasteiger partial charge on any atom is 0.255 e. The molecule has 2 fully saturated rings. The fraction of sp³-hybridized carbons (Fsp3) is 0.385. The molecular formula is C26H27N5O3. The van der Waals surface area contributed by atoms with E-state index in [4.69, 9.17) is 4.98 Å². The summed E-state index contributed by atoms with van der Waals surface area (Å²) in [6, 6.07) is 9.44. The second kappa shape index (κ2) is 8.06. The van der Waals surface area contributed by atoms with E-state index in [1.807, 2.05) is 30.5 Å². The van der Waals surface area contributed by atoms with Crippen molar-refractivity contribution in [2.24, 2.45) is 7.05 Å². The smallest absolute Gasteiger partial charge is 0.255 e. The van der Waals surface area contributed by atoms with Gasteiger partial charge in [0.1, 0.15) is 6.04 Å². The number of pyridine rings is 1. The molecule has 2 aromatic heterocycles. The van der Waals surface area contributed by atoms with Gasteiger partial charge in [-0.2, -0.15) is 0 Å². The van der Waals surface area contributed by atoms with Crippen LogP contribution in [0.25, 0.3) is 22.3 Å². The second-order valence-electron chi connectivity index (χ2n) is 9.58. The van der Waals surface area contributed by atoms with E-state index < -0.39 is 6.04 Å². The fourth-order valence-corrected chi connectivity index (χ4v) is 5.58. The Balaban J connectivity index is 1.33. The third kappa shape index (κ3) is 3.49. The molecule has 0 spiro atoms. The number of nitrogens with zero attached hydrogens (tertiary/aromatic N) is 4. The third-order valence-corrected chi connectivity index (χ3v) is 7.32. The SMILES string of the molecule is Cn1ccc2nc(-c3ccc4c(c3)CN(C3CCC(=O)NC3=O)C4=O)cc(CN3CCCC3)c21. The third-order valence-electron chi connectivity index (χ3n) is 7.32.